The molecule has 5 nitrogen and oxygen atoms in total. The molecule has 2 aromatic rings. The first-order valence-corrected chi connectivity index (χ1v) is 9.06. The number of fused-ring (bicyclic) bond motifs is 9. The molecule has 0 spiro atoms. The first kappa shape index (κ1) is 13.8. The highest BCUT2D eigenvalue weighted by molar-refractivity contribution is 6.23. The minimum Gasteiger partial charge on any atom is -0.322 e. The molecule has 1 saturated heterocycles. The summed E-state index contributed by atoms with van der Waals surface area (Å²) in [6.07, 6.45) is 2.29. The molecule has 6 rings (SSSR count). The topological polar surface area (TPSA) is 70.2 Å². The summed E-state index contributed by atoms with van der Waals surface area (Å²) in [5, 5.41) is 0.934. The number of aromatic amines is 1. The summed E-state index contributed by atoms with van der Waals surface area (Å²) in [4.78, 5) is 42.1. The summed E-state index contributed by atoms with van der Waals surface area (Å²) in [5.74, 6) is 1.97. The zero-order valence-electron chi connectivity index (χ0n) is 13.9. The van der Waals surface area contributed by atoms with Gasteiger partial charge in [-0.3, -0.25) is 14.4 Å². The largest absolute Gasteiger partial charge is 0.322 e. The Labute approximate surface area is 144 Å². The van der Waals surface area contributed by atoms with E-state index in [4.69, 9.17) is 0 Å². The van der Waals surface area contributed by atoms with Gasteiger partial charge in [0, 0.05) is 11.5 Å². The third-order valence-electron chi connectivity index (χ3n) is 7.15. The number of hydrogen-bond donors (Lipinski definition) is 1. The number of carbonyl (C=O) groups excluding carboxylic acids is 2. The Morgan fingerprint density at radius 1 is 0.920 bits per heavy atom. The predicted molar refractivity (Wildman–Crippen MR) is 92.0 cm³/mol. The molecule has 0 unspecified atom stereocenters. The van der Waals surface area contributed by atoms with Crippen molar-refractivity contribution in [1.82, 2.24) is 4.98 Å². The Balaban J connectivity index is 1.46. The molecule has 2 heterocycles. The van der Waals surface area contributed by atoms with E-state index >= 15 is 0 Å². The highest BCUT2D eigenvalue weighted by Gasteiger charge is 2.71. The lowest BCUT2D eigenvalue weighted by Gasteiger charge is -2.18. The van der Waals surface area contributed by atoms with Crippen LogP contribution in [0.15, 0.2) is 29.1 Å². The molecule has 126 valence electrons. The smallest absolute Gasteiger partial charge is 0.248 e. The summed E-state index contributed by atoms with van der Waals surface area (Å²) >= 11 is 0. The number of carbonyl (C=O) groups is 2. The van der Waals surface area contributed by atoms with Crippen LogP contribution in [0.4, 0.5) is 5.69 Å². The summed E-state index contributed by atoms with van der Waals surface area (Å²) in [6, 6.07) is 7.04. The van der Waals surface area contributed by atoms with Crippen LogP contribution >= 0.6 is 0 Å². The lowest BCUT2D eigenvalue weighted by atomic mass is 9.81. The number of amides is 2. The zero-order chi connectivity index (χ0) is 17.0. The summed E-state index contributed by atoms with van der Waals surface area (Å²) in [7, 11) is 0. The maximum Gasteiger partial charge on any atom is 0.248 e. The van der Waals surface area contributed by atoms with E-state index in [9.17, 15) is 14.4 Å². The number of anilines is 1. The molecule has 2 bridgehead atoms. The van der Waals surface area contributed by atoms with Crippen molar-refractivity contribution in [2.45, 2.75) is 19.8 Å². The zero-order valence-corrected chi connectivity index (χ0v) is 13.9. The number of imide groups is 1. The van der Waals surface area contributed by atoms with Gasteiger partial charge in [0.1, 0.15) is 0 Å². The van der Waals surface area contributed by atoms with Crippen LogP contribution in [0, 0.1) is 42.4 Å². The van der Waals surface area contributed by atoms with Crippen LogP contribution in [0.25, 0.3) is 10.9 Å². The second-order valence-corrected chi connectivity index (χ2v) is 8.24. The molecule has 4 fully saturated rings. The highest BCUT2D eigenvalue weighted by atomic mass is 16.2. The van der Waals surface area contributed by atoms with Crippen molar-refractivity contribution >= 4 is 28.4 Å². The van der Waals surface area contributed by atoms with Crippen molar-refractivity contribution in [3.63, 3.8) is 0 Å². The normalized spacial score (nSPS) is 37.7. The standard InChI is InChI=1S/C20H18N2O3/c1-8-4-16(23)21-15-5-9(2-3-10(8)15)22-19(24)17-13-7-14(12-6-11(12)13)18(17)20(22)25/h2-5,11-14,17-18H,6-7H2,1H3,(H,21,23)/t11-,12+,13-,14+,17-,18+. The Morgan fingerprint density at radius 3 is 2.24 bits per heavy atom. The van der Waals surface area contributed by atoms with Gasteiger partial charge in [-0.2, -0.15) is 0 Å². The quantitative estimate of drug-likeness (QED) is 0.813. The fraction of sp³-hybridized carbons (Fsp3) is 0.450. The molecule has 25 heavy (non-hydrogen) atoms. The second kappa shape index (κ2) is 4.21. The Kier molecular flexibility index (Phi) is 2.33. The van der Waals surface area contributed by atoms with Crippen LogP contribution in [-0.2, 0) is 9.59 Å². The van der Waals surface area contributed by atoms with Crippen LogP contribution in [0.5, 0.6) is 0 Å². The minimum atomic E-state index is -0.170. The van der Waals surface area contributed by atoms with Gasteiger partial charge >= 0.3 is 0 Å². The minimum absolute atomic E-state index is 0.0257. The van der Waals surface area contributed by atoms with Gasteiger partial charge in [0.25, 0.3) is 0 Å². The molecule has 3 aliphatic carbocycles. The second-order valence-electron chi connectivity index (χ2n) is 8.24. The number of benzene rings is 1. The monoisotopic (exact) mass is 334 g/mol. The third-order valence-corrected chi connectivity index (χ3v) is 7.15. The Bertz CT molecular complexity index is 1010. The van der Waals surface area contributed by atoms with Crippen molar-refractivity contribution in [2.75, 3.05) is 4.90 Å². The number of nitrogens with zero attached hydrogens (tertiary/aromatic N) is 1. The molecule has 6 atom stereocenters. The number of nitrogens with one attached hydrogen (secondary N) is 1. The summed E-state index contributed by atoms with van der Waals surface area (Å²) < 4.78 is 0. The van der Waals surface area contributed by atoms with Gasteiger partial charge < -0.3 is 4.98 Å². The number of pyridine rings is 1. The first-order chi connectivity index (χ1) is 12.0. The van der Waals surface area contributed by atoms with Gasteiger partial charge in [-0.1, -0.05) is 6.07 Å². The average molecular weight is 334 g/mol. The molecule has 1 aromatic heterocycles. The van der Waals surface area contributed by atoms with Gasteiger partial charge in [0.05, 0.1) is 23.0 Å². The van der Waals surface area contributed by atoms with Crippen molar-refractivity contribution in [3.05, 3.63) is 40.2 Å². The molecule has 1 aromatic carbocycles. The summed E-state index contributed by atoms with van der Waals surface area (Å²) in [5.41, 5.74) is 1.98. The van der Waals surface area contributed by atoms with E-state index in [1.807, 2.05) is 19.1 Å². The Hall–Kier alpha value is -2.43. The average Bonchev–Trinajstić information content (AvgIpc) is 3.08. The fourth-order valence-electron chi connectivity index (χ4n) is 6.14. The SMILES string of the molecule is Cc1cc(=O)[nH]c2cc(N3C(=O)[C@@H]4[C@@H]5C[C@@H]([C@H]6C[C@H]65)[C@@H]4C3=O)ccc12. The van der Waals surface area contributed by atoms with Crippen LogP contribution in [0.3, 0.4) is 0 Å². The predicted octanol–water partition coefficient (Wildman–Crippen LogP) is 2.23. The molecule has 4 aliphatic rings. The van der Waals surface area contributed by atoms with Crippen molar-refractivity contribution < 1.29 is 9.59 Å². The third kappa shape index (κ3) is 1.57. The van der Waals surface area contributed by atoms with E-state index in [1.165, 1.54) is 11.3 Å². The van der Waals surface area contributed by atoms with E-state index in [2.05, 4.69) is 4.98 Å². The van der Waals surface area contributed by atoms with Crippen LogP contribution < -0.4 is 10.5 Å². The van der Waals surface area contributed by atoms with Gasteiger partial charge in [-0.05, 0) is 61.1 Å². The number of H-pyrrole nitrogens is 1. The molecular weight excluding hydrogens is 316 g/mol. The number of hydrogen-bond acceptors (Lipinski definition) is 3. The van der Waals surface area contributed by atoms with Crippen LogP contribution in [0.1, 0.15) is 18.4 Å². The molecule has 2 amide bonds. The van der Waals surface area contributed by atoms with Gasteiger partial charge in [-0.15, -0.1) is 0 Å². The molecule has 0 radical (unpaired) electrons. The van der Waals surface area contributed by atoms with Crippen LogP contribution in [0.2, 0.25) is 0 Å². The molecule has 3 saturated carbocycles. The van der Waals surface area contributed by atoms with Gasteiger partial charge in [0.2, 0.25) is 17.4 Å². The molecule has 1 aliphatic heterocycles. The molecular formula is C20H18N2O3. The number of aromatic nitrogens is 1. The maximum absolute atomic E-state index is 13.1. The summed E-state index contributed by atoms with van der Waals surface area (Å²) in [6.45, 7) is 1.89. The van der Waals surface area contributed by atoms with Crippen LogP contribution in [-0.4, -0.2) is 16.8 Å². The van der Waals surface area contributed by atoms with Crippen molar-refractivity contribution in [3.8, 4) is 0 Å². The number of aryl methyl sites for hydroxylation is 1. The maximum atomic E-state index is 13.1. The molecule has 5 heteroatoms. The van der Waals surface area contributed by atoms with E-state index in [0.717, 1.165) is 17.4 Å². The van der Waals surface area contributed by atoms with Crippen molar-refractivity contribution in [2.24, 2.45) is 35.5 Å². The Morgan fingerprint density at radius 2 is 1.56 bits per heavy atom. The van der Waals surface area contributed by atoms with E-state index in [0.29, 0.717) is 34.9 Å². The number of rotatable bonds is 1. The lowest BCUT2D eigenvalue weighted by Crippen LogP contribution is -2.33. The fourth-order valence-corrected chi connectivity index (χ4v) is 6.14. The van der Waals surface area contributed by atoms with Gasteiger partial charge in [0.15, 0.2) is 0 Å². The van der Waals surface area contributed by atoms with Gasteiger partial charge in [-0.25, -0.2) is 4.90 Å². The first-order valence-electron chi connectivity index (χ1n) is 9.06. The van der Waals surface area contributed by atoms with E-state index in [-0.39, 0.29) is 29.2 Å². The van der Waals surface area contributed by atoms with E-state index < -0.39 is 0 Å². The van der Waals surface area contributed by atoms with E-state index in [1.54, 1.807) is 12.1 Å². The molecule has 1 N–H and O–H groups in total. The van der Waals surface area contributed by atoms with Crippen molar-refractivity contribution in [1.29, 1.82) is 0 Å². The highest BCUT2D eigenvalue weighted by Crippen LogP contribution is 2.71. The lowest BCUT2D eigenvalue weighted by molar-refractivity contribution is -0.123.